The van der Waals surface area contributed by atoms with Gasteiger partial charge in [0.1, 0.15) is 6.10 Å². The third-order valence-corrected chi connectivity index (χ3v) is 5.05. The molecule has 0 spiro atoms. The van der Waals surface area contributed by atoms with Crippen LogP contribution in [0.3, 0.4) is 0 Å². The van der Waals surface area contributed by atoms with Crippen molar-refractivity contribution in [3.63, 3.8) is 0 Å². The van der Waals surface area contributed by atoms with Crippen molar-refractivity contribution >= 4 is 27.3 Å². The van der Waals surface area contributed by atoms with Gasteiger partial charge in [0.25, 0.3) is 0 Å². The van der Waals surface area contributed by atoms with E-state index in [2.05, 4.69) is 10.0 Å². The molecule has 9 nitrogen and oxygen atoms in total. The van der Waals surface area contributed by atoms with Crippen LogP contribution < -0.4 is 9.80 Å². The summed E-state index contributed by atoms with van der Waals surface area (Å²) in [4.78, 5) is 17.7. The van der Waals surface area contributed by atoms with Gasteiger partial charge in [-0.1, -0.05) is 5.11 Å². The normalized spacial score (nSPS) is 21.6. The van der Waals surface area contributed by atoms with E-state index in [-0.39, 0.29) is 18.0 Å². The molecule has 1 fully saturated rings. The SMILES string of the molecule is CN1C=CS(=O)(=O)c2cc(N3C[C@H](CN=[N+]=[N-])OC3=O)ccc21. The lowest BCUT2D eigenvalue weighted by atomic mass is 10.2. The number of nitrogens with zero attached hydrogens (tertiary/aromatic N) is 5. The van der Waals surface area contributed by atoms with E-state index in [0.717, 1.165) is 5.41 Å². The number of carbonyl (C=O) groups excluding carboxylic acids is 1. The first kappa shape index (κ1) is 15.2. The minimum atomic E-state index is -3.54. The van der Waals surface area contributed by atoms with E-state index in [1.54, 1.807) is 24.1 Å². The number of benzene rings is 1. The number of fused-ring (bicyclic) bond motifs is 1. The quantitative estimate of drug-likeness (QED) is 0.476. The van der Waals surface area contributed by atoms with Gasteiger partial charge in [0.15, 0.2) is 0 Å². The molecule has 1 atom stereocenters. The van der Waals surface area contributed by atoms with Crippen LogP contribution in [0.15, 0.2) is 39.8 Å². The van der Waals surface area contributed by atoms with E-state index < -0.39 is 22.0 Å². The van der Waals surface area contributed by atoms with Gasteiger partial charge in [-0.3, -0.25) is 4.90 Å². The zero-order valence-corrected chi connectivity index (χ0v) is 13.0. The number of cyclic esters (lactones) is 1. The van der Waals surface area contributed by atoms with Crippen LogP contribution in [0.4, 0.5) is 16.2 Å². The topological polar surface area (TPSA) is 116 Å². The maximum absolute atomic E-state index is 12.2. The summed E-state index contributed by atoms with van der Waals surface area (Å²) in [5.41, 5.74) is 9.27. The molecule has 0 unspecified atom stereocenters. The summed E-state index contributed by atoms with van der Waals surface area (Å²) >= 11 is 0. The molecule has 1 aromatic carbocycles. The second kappa shape index (κ2) is 5.49. The molecule has 1 amide bonds. The highest BCUT2D eigenvalue weighted by molar-refractivity contribution is 7.94. The molecule has 0 radical (unpaired) electrons. The van der Waals surface area contributed by atoms with Crippen molar-refractivity contribution in [1.29, 1.82) is 0 Å². The van der Waals surface area contributed by atoms with Crippen LogP contribution in [0.1, 0.15) is 0 Å². The average molecular weight is 335 g/mol. The summed E-state index contributed by atoms with van der Waals surface area (Å²) in [5.74, 6) is 0. The van der Waals surface area contributed by atoms with Gasteiger partial charge in [0.2, 0.25) is 9.84 Å². The Labute approximate surface area is 132 Å². The first-order valence-electron chi connectivity index (χ1n) is 6.71. The molecule has 1 saturated heterocycles. The highest BCUT2D eigenvalue weighted by Gasteiger charge is 2.33. The minimum absolute atomic E-state index is 0.0352. The van der Waals surface area contributed by atoms with E-state index in [9.17, 15) is 13.2 Å². The predicted octanol–water partition coefficient (Wildman–Crippen LogP) is 2.02. The fourth-order valence-electron chi connectivity index (χ4n) is 2.47. The molecule has 2 heterocycles. The second-order valence-electron chi connectivity index (χ2n) is 5.12. The summed E-state index contributed by atoms with van der Waals surface area (Å²) < 4.78 is 29.4. The van der Waals surface area contributed by atoms with E-state index in [1.165, 1.54) is 17.2 Å². The Morgan fingerprint density at radius 2 is 2.26 bits per heavy atom. The molecule has 0 N–H and O–H groups in total. The van der Waals surface area contributed by atoms with E-state index in [4.69, 9.17) is 10.3 Å². The third-order valence-electron chi connectivity index (χ3n) is 3.63. The lowest BCUT2D eigenvalue weighted by Crippen LogP contribution is -2.26. The van der Waals surface area contributed by atoms with Gasteiger partial charge in [0, 0.05) is 23.8 Å². The van der Waals surface area contributed by atoms with Crippen molar-refractivity contribution in [2.75, 3.05) is 29.9 Å². The Morgan fingerprint density at radius 1 is 1.48 bits per heavy atom. The number of anilines is 2. The molecule has 3 rings (SSSR count). The van der Waals surface area contributed by atoms with Crippen molar-refractivity contribution in [3.05, 3.63) is 40.2 Å². The number of ether oxygens (including phenoxy) is 1. The average Bonchev–Trinajstić information content (AvgIpc) is 2.90. The van der Waals surface area contributed by atoms with E-state index in [0.29, 0.717) is 11.4 Å². The molecular weight excluding hydrogens is 322 g/mol. The third kappa shape index (κ3) is 2.69. The van der Waals surface area contributed by atoms with Gasteiger partial charge in [-0.2, -0.15) is 0 Å². The molecule has 1 aromatic rings. The largest absolute Gasteiger partial charge is 0.444 e. The van der Waals surface area contributed by atoms with Crippen molar-refractivity contribution in [2.24, 2.45) is 5.11 Å². The van der Waals surface area contributed by atoms with Crippen molar-refractivity contribution in [3.8, 4) is 0 Å². The molecule has 2 aliphatic heterocycles. The maximum Gasteiger partial charge on any atom is 0.414 e. The number of carbonyl (C=O) groups is 1. The number of amides is 1. The van der Waals surface area contributed by atoms with Crippen LogP contribution in [-0.2, 0) is 14.6 Å². The minimum Gasteiger partial charge on any atom is -0.444 e. The van der Waals surface area contributed by atoms with Crippen LogP contribution in [-0.4, -0.2) is 40.8 Å². The Balaban J connectivity index is 1.94. The predicted molar refractivity (Wildman–Crippen MR) is 82.8 cm³/mol. The van der Waals surface area contributed by atoms with Crippen molar-refractivity contribution in [1.82, 2.24) is 0 Å². The monoisotopic (exact) mass is 335 g/mol. The van der Waals surface area contributed by atoms with Crippen molar-refractivity contribution in [2.45, 2.75) is 11.0 Å². The smallest absolute Gasteiger partial charge is 0.414 e. The van der Waals surface area contributed by atoms with Crippen LogP contribution in [0.5, 0.6) is 0 Å². The number of sulfone groups is 1. The molecule has 0 saturated carbocycles. The summed E-state index contributed by atoms with van der Waals surface area (Å²) in [6.07, 6.45) is 0.325. The Morgan fingerprint density at radius 3 is 3.00 bits per heavy atom. The lowest BCUT2D eigenvalue weighted by molar-refractivity contribution is 0.145. The Kier molecular flexibility index (Phi) is 3.63. The number of azide groups is 1. The molecule has 0 bridgehead atoms. The van der Waals surface area contributed by atoms with Crippen LogP contribution >= 0.6 is 0 Å². The molecular formula is C13H13N5O4S. The first-order valence-corrected chi connectivity index (χ1v) is 8.26. The fourth-order valence-corrected chi connectivity index (χ4v) is 3.75. The molecule has 2 aliphatic rings. The standard InChI is InChI=1S/C13H13N5O4S/c1-17-4-5-23(20,21)12-6-9(2-3-11(12)17)18-8-10(7-15-16-14)22-13(18)19/h2-6,10H,7-8H2,1H3/t10-/m0/s1. The number of hydrogen-bond donors (Lipinski definition) is 0. The van der Waals surface area contributed by atoms with Gasteiger partial charge < -0.3 is 9.64 Å². The van der Waals surface area contributed by atoms with Crippen LogP contribution in [0.2, 0.25) is 0 Å². The van der Waals surface area contributed by atoms with Gasteiger partial charge in [-0.25, -0.2) is 13.2 Å². The van der Waals surface area contributed by atoms with E-state index >= 15 is 0 Å². The molecule has 0 aromatic heterocycles. The van der Waals surface area contributed by atoms with Crippen molar-refractivity contribution < 1.29 is 17.9 Å². The zero-order chi connectivity index (χ0) is 16.6. The fraction of sp³-hybridized carbons (Fsp3) is 0.308. The van der Waals surface area contributed by atoms with Gasteiger partial charge >= 0.3 is 6.09 Å². The summed E-state index contributed by atoms with van der Waals surface area (Å²) in [6, 6.07) is 4.74. The number of rotatable bonds is 3. The van der Waals surface area contributed by atoms with Gasteiger partial charge in [-0.15, -0.1) is 0 Å². The molecule has 23 heavy (non-hydrogen) atoms. The molecule has 10 heteroatoms. The highest BCUT2D eigenvalue weighted by Crippen LogP contribution is 2.34. The summed E-state index contributed by atoms with van der Waals surface area (Å²) in [7, 11) is -1.80. The van der Waals surface area contributed by atoms with Crippen LogP contribution in [0, 0.1) is 0 Å². The molecule has 120 valence electrons. The van der Waals surface area contributed by atoms with Gasteiger partial charge in [-0.05, 0) is 23.7 Å². The Bertz CT molecular complexity index is 844. The lowest BCUT2D eigenvalue weighted by Gasteiger charge is -2.23. The Hall–Kier alpha value is -2.71. The highest BCUT2D eigenvalue weighted by atomic mass is 32.2. The number of hydrogen-bond acceptors (Lipinski definition) is 6. The molecule has 0 aliphatic carbocycles. The first-order chi connectivity index (χ1) is 10.9. The summed E-state index contributed by atoms with van der Waals surface area (Å²) in [6.45, 7) is 0.232. The van der Waals surface area contributed by atoms with E-state index in [1.807, 2.05) is 0 Å². The maximum atomic E-state index is 12.2. The second-order valence-corrected chi connectivity index (χ2v) is 6.92. The van der Waals surface area contributed by atoms with Gasteiger partial charge in [0.05, 0.1) is 29.1 Å². The zero-order valence-electron chi connectivity index (χ0n) is 12.2. The van der Waals surface area contributed by atoms with Crippen LogP contribution in [0.25, 0.3) is 10.4 Å². The summed E-state index contributed by atoms with van der Waals surface area (Å²) in [5, 5.41) is 4.50.